The Morgan fingerprint density at radius 3 is 2.53 bits per heavy atom. The molecule has 1 amide bonds. The highest BCUT2D eigenvalue weighted by molar-refractivity contribution is 5.92. The molecule has 0 radical (unpaired) electrons. The molecule has 0 aliphatic carbocycles. The van der Waals surface area contributed by atoms with E-state index >= 15 is 0 Å². The lowest BCUT2D eigenvalue weighted by molar-refractivity contribution is -0.118. The summed E-state index contributed by atoms with van der Waals surface area (Å²) >= 11 is 0. The summed E-state index contributed by atoms with van der Waals surface area (Å²) in [4.78, 5) is 16.3. The van der Waals surface area contributed by atoms with Gasteiger partial charge in [0.2, 0.25) is 5.91 Å². The van der Waals surface area contributed by atoms with Crippen LogP contribution in [0.2, 0.25) is 0 Å². The number of ether oxygens (including phenoxy) is 2. The summed E-state index contributed by atoms with van der Waals surface area (Å²) in [6.07, 6.45) is 0. The lowest BCUT2D eigenvalue weighted by Gasteiger charge is -2.10. The molecule has 0 aliphatic heterocycles. The predicted octanol–water partition coefficient (Wildman–Crippen LogP) is 4.08. The highest BCUT2D eigenvalue weighted by atomic mass is 19.1. The van der Waals surface area contributed by atoms with Gasteiger partial charge in [0.15, 0.2) is 5.82 Å². The van der Waals surface area contributed by atoms with Crippen molar-refractivity contribution in [2.24, 2.45) is 5.92 Å². The van der Waals surface area contributed by atoms with Crippen LogP contribution in [0, 0.1) is 11.7 Å². The van der Waals surface area contributed by atoms with Crippen molar-refractivity contribution in [1.82, 2.24) is 14.8 Å². The van der Waals surface area contributed by atoms with Gasteiger partial charge in [-0.15, -0.1) is 5.10 Å². The molecule has 0 atom stereocenters. The van der Waals surface area contributed by atoms with E-state index in [4.69, 9.17) is 9.47 Å². The van der Waals surface area contributed by atoms with E-state index in [1.807, 2.05) is 20.8 Å². The average Bonchev–Trinajstić information content (AvgIpc) is 3.16. The Bertz CT molecular complexity index is 986. The molecule has 0 unspecified atom stereocenters. The molecule has 0 saturated heterocycles. The summed E-state index contributed by atoms with van der Waals surface area (Å²) in [7, 11) is 0. The number of nitrogens with zero attached hydrogens (tertiary/aromatic N) is 3. The van der Waals surface area contributed by atoms with E-state index in [0.29, 0.717) is 36.0 Å². The quantitative estimate of drug-likeness (QED) is 0.536. The van der Waals surface area contributed by atoms with E-state index in [9.17, 15) is 9.18 Å². The van der Waals surface area contributed by atoms with Gasteiger partial charge in [0.05, 0.1) is 17.9 Å². The minimum atomic E-state index is -0.409. The molecule has 1 heterocycles. The fourth-order valence-electron chi connectivity index (χ4n) is 2.66. The normalized spacial score (nSPS) is 11.0. The van der Waals surface area contributed by atoms with E-state index in [-0.39, 0.29) is 24.4 Å². The van der Waals surface area contributed by atoms with Crippen molar-refractivity contribution in [1.29, 1.82) is 0 Å². The Morgan fingerprint density at radius 1 is 1.13 bits per heavy atom. The molecular formula is C22H25FN4O3. The molecule has 1 aromatic heterocycles. The van der Waals surface area contributed by atoms with Gasteiger partial charge in [-0.2, -0.15) is 4.98 Å². The summed E-state index contributed by atoms with van der Waals surface area (Å²) in [6.45, 7) is 6.83. The van der Waals surface area contributed by atoms with Crippen LogP contribution in [0.1, 0.15) is 20.8 Å². The van der Waals surface area contributed by atoms with Crippen LogP contribution >= 0.6 is 0 Å². The van der Waals surface area contributed by atoms with Gasteiger partial charge in [-0.25, -0.2) is 9.07 Å². The van der Waals surface area contributed by atoms with Crippen LogP contribution in [-0.4, -0.2) is 40.5 Å². The lowest BCUT2D eigenvalue weighted by Crippen LogP contribution is -2.17. The molecular weight excluding hydrogens is 387 g/mol. The molecule has 1 N–H and O–H groups in total. The monoisotopic (exact) mass is 412 g/mol. The number of hydrogen-bond acceptors (Lipinski definition) is 5. The molecule has 3 rings (SSSR count). The van der Waals surface area contributed by atoms with Crippen molar-refractivity contribution in [2.75, 3.05) is 25.1 Å². The summed E-state index contributed by atoms with van der Waals surface area (Å²) < 4.78 is 26.8. The Labute approximate surface area is 174 Å². The van der Waals surface area contributed by atoms with Gasteiger partial charge in [-0.1, -0.05) is 26.0 Å². The second kappa shape index (κ2) is 9.98. The molecule has 8 heteroatoms. The van der Waals surface area contributed by atoms with Crippen LogP contribution in [0.3, 0.4) is 0 Å². The van der Waals surface area contributed by atoms with Crippen molar-refractivity contribution in [3.8, 4) is 23.1 Å². The highest BCUT2D eigenvalue weighted by Crippen LogP contribution is 2.26. The maximum atomic E-state index is 14.4. The van der Waals surface area contributed by atoms with E-state index < -0.39 is 5.82 Å². The van der Waals surface area contributed by atoms with Crippen molar-refractivity contribution < 1.29 is 18.7 Å². The first-order valence-electron chi connectivity index (χ1n) is 9.83. The molecule has 7 nitrogen and oxygen atoms in total. The molecule has 0 spiro atoms. The van der Waals surface area contributed by atoms with Crippen LogP contribution in [0.25, 0.3) is 17.1 Å². The number of nitrogens with one attached hydrogen (secondary N) is 1. The number of anilines is 1. The van der Waals surface area contributed by atoms with Crippen LogP contribution in [0.5, 0.6) is 6.01 Å². The zero-order chi connectivity index (χ0) is 21.5. The smallest absolute Gasteiger partial charge is 0.336 e. The van der Waals surface area contributed by atoms with Crippen molar-refractivity contribution >= 4 is 11.6 Å². The zero-order valence-electron chi connectivity index (χ0n) is 17.3. The van der Waals surface area contributed by atoms with Gasteiger partial charge < -0.3 is 14.8 Å². The number of hydrogen-bond donors (Lipinski definition) is 1. The topological polar surface area (TPSA) is 78.3 Å². The maximum absolute atomic E-state index is 14.4. The Hall–Kier alpha value is -3.26. The minimum absolute atomic E-state index is 0.0689. The number of halogens is 1. The molecule has 0 saturated carbocycles. The largest absolute Gasteiger partial charge is 0.460 e. The van der Waals surface area contributed by atoms with Gasteiger partial charge in [0.25, 0.3) is 0 Å². The minimum Gasteiger partial charge on any atom is -0.460 e. The van der Waals surface area contributed by atoms with Gasteiger partial charge in [-0.05, 0) is 43.3 Å². The molecule has 0 aliphatic rings. The zero-order valence-corrected chi connectivity index (χ0v) is 17.3. The summed E-state index contributed by atoms with van der Waals surface area (Å²) in [5, 5.41) is 7.23. The third kappa shape index (κ3) is 5.21. The number of aromatic nitrogens is 3. The lowest BCUT2D eigenvalue weighted by atomic mass is 10.2. The SMILES string of the molecule is CCOCCOc1nc(-c2ccccc2F)n(-c2ccc(NC(=O)C(C)C)cc2)n1. The fourth-order valence-corrected chi connectivity index (χ4v) is 2.66. The summed E-state index contributed by atoms with van der Waals surface area (Å²) in [5.74, 6) is -0.282. The predicted molar refractivity (Wildman–Crippen MR) is 112 cm³/mol. The van der Waals surface area contributed by atoms with Gasteiger partial charge in [0.1, 0.15) is 12.4 Å². The van der Waals surface area contributed by atoms with E-state index in [1.165, 1.54) is 10.7 Å². The third-order valence-corrected chi connectivity index (χ3v) is 4.27. The van der Waals surface area contributed by atoms with Crippen molar-refractivity contribution in [3.05, 3.63) is 54.3 Å². The van der Waals surface area contributed by atoms with Crippen molar-refractivity contribution in [2.45, 2.75) is 20.8 Å². The van der Waals surface area contributed by atoms with Crippen LogP contribution in [-0.2, 0) is 9.53 Å². The standard InChI is InChI=1S/C22H25FN4O3/c1-4-29-13-14-30-22-25-20(18-7-5-6-8-19(18)23)27(26-22)17-11-9-16(10-12-17)24-21(28)15(2)3/h5-12,15H,4,13-14H2,1-3H3,(H,24,28). The van der Waals surface area contributed by atoms with Gasteiger partial charge in [-0.3, -0.25) is 4.79 Å². The van der Waals surface area contributed by atoms with Crippen LogP contribution in [0.15, 0.2) is 48.5 Å². The number of benzene rings is 2. The Kier molecular flexibility index (Phi) is 7.13. The maximum Gasteiger partial charge on any atom is 0.336 e. The Balaban J connectivity index is 1.91. The number of carbonyl (C=O) groups is 1. The number of carbonyl (C=O) groups excluding carboxylic acids is 1. The Morgan fingerprint density at radius 2 is 1.87 bits per heavy atom. The van der Waals surface area contributed by atoms with E-state index in [2.05, 4.69) is 15.4 Å². The fraction of sp³-hybridized carbons (Fsp3) is 0.318. The van der Waals surface area contributed by atoms with Crippen LogP contribution in [0.4, 0.5) is 10.1 Å². The number of amides is 1. The molecule has 3 aromatic rings. The number of rotatable bonds is 9. The van der Waals surface area contributed by atoms with Gasteiger partial charge in [0, 0.05) is 18.2 Å². The molecule has 30 heavy (non-hydrogen) atoms. The van der Waals surface area contributed by atoms with Crippen molar-refractivity contribution in [3.63, 3.8) is 0 Å². The second-order valence-corrected chi connectivity index (χ2v) is 6.85. The molecule has 158 valence electrons. The molecule has 0 bridgehead atoms. The first kappa shape index (κ1) is 21.4. The summed E-state index contributed by atoms with van der Waals surface area (Å²) in [5.41, 5.74) is 1.63. The van der Waals surface area contributed by atoms with E-state index in [1.54, 1.807) is 42.5 Å². The van der Waals surface area contributed by atoms with E-state index in [0.717, 1.165) is 0 Å². The van der Waals surface area contributed by atoms with Gasteiger partial charge >= 0.3 is 6.01 Å². The van der Waals surface area contributed by atoms with Crippen LogP contribution < -0.4 is 10.1 Å². The molecule has 2 aromatic carbocycles. The summed E-state index contributed by atoms with van der Waals surface area (Å²) in [6, 6.07) is 13.6. The highest BCUT2D eigenvalue weighted by Gasteiger charge is 2.18. The third-order valence-electron chi connectivity index (χ3n) is 4.27. The molecule has 0 fully saturated rings. The second-order valence-electron chi connectivity index (χ2n) is 6.85. The first-order valence-corrected chi connectivity index (χ1v) is 9.83. The first-order chi connectivity index (χ1) is 14.5. The average molecular weight is 412 g/mol.